The molecule has 0 N–H and O–H groups in total. The Balaban J connectivity index is 1.11. The van der Waals surface area contributed by atoms with E-state index in [1.165, 1.54) is 75.5 Å². The smallest absolute Gasteiger partial charge is 0.416 e. The standard InChI is InChI=1S/C37H55NO3/c1-5-27-15-16-29-32-18-17-30(37(32,4)22-20-33(29)36(3)21-10-9-13-31(27)36)25(2)14-19-34(39)38-28(24-41-35(38)40)23-26-11-7-6-8-12-26/h6-8,11-12,25,27-33H,5,9-10,13-24H2,1-4H3/t25-,27+,28-,29-,30-,31+,32+,33+,36+,37-/m1/s1. The van der Waals surface area contributed by atoms with Crippen molar-refractivity contribution in [1.82, 2.24) is 4.90 Å². The fourth-order valence-electron chi connectivity index (χ4n) is 11.7. The monoisotopic (exact) mass is 561 g/mol. The average molecular weight is 562 g/mol. The Morgan fingerprint density at radius 1 is 0.951 bits per heavy atom. The second kappa shape index (κ2) is 11.7. The topological polar surface area (TPSA) is 46.6 Å². The first-order valence-corrected chi connectivity index (χ1v) is 17.3. The zero-order chi connectivity index (χ0) is 28.8. The third-order valence-electron chi connectivity index (χ3n) is 13.7. The summed E-state index contributed by atoms with van der Waals surface area (Å²) in [5.41, 5.74) is 2.09. The minimum Gasteiger partial charge on any atom is -0.447 e. The molecular formula is C37H55NO3. The van der Waals surface area contributed by atoms with Crippen LogP contribution >= 0.6 is 0 Å². The van der Waals surface area contributed by atoms with E-state index in [0.717, 1.165) is 41.6 Å². The number of imide groups is 1. The molecule has 1 aromatic rings. The first-order valence-electron chi connectivity index (χ1n) is 17.3. The summed E-state index contributed by atoms with van der Waals surface area (Å²) in [5.74, 6) is 5.69. The fraction of sp³-hybridized carbons (Fsp3) is 0.784. The number of amides is 2. The van der Waals surface area contributed by atoms with Crippen LogP contribution in [-0.2, 0) is 16.0 Å². The van der Waals surface area contributed by atoms with E-state index in [0.29, 0.717) is 42.1 Å². The Labute approximate surface area is 249 Å². The molecule has 4 nitrogen and oxygen atoms in total. The number of nitrogens with zero attached hydrogens (tertiary/aromatic N) is 1. The van der Waals surface area contributed by atoms with Gasteiger partial charge in [-0.2, -0.15) is 0 Å². The van der Waals surface area contributed by atoms with Crippen molar-refractivity contribution >= 4 is 12.0 Å². The fourth-order valence-corrected chi connectivity index (χ4v) is 11.7. The van der Waals surface area contributed by atoms with E-state index in [1.54, 1.807) is 0 Å². The summed E-state index contributed by atoms with van der Waals surface area (Å²) >= 11 is 0. The Morgan fingerprint density at radius 2 is 1.73 bits per heavy atom. The van der Waals surface area contributed by atoms with Crippen LogP contribution < -0.4 is 0 Å². The van der Waals surface area contributed by atoms with Crippen molar-refractivity contribution in [3.8, 4) is 0 Å². The third-order valence-corrected chi connectivity index (χ3v) is 13.7. The quantitative estimate of drug-likeness (QED) is 0.334. The minimum atomic E-state index is -0.456. The molecule has 4 saturated carbocycles. The summed E-state index contributed by atoms with van der Waals surface area (Å²) < 4.78 is 5.35. The molecule has 1 heterocycles. The van der Waals surface area contributed by atoms with E-state index < -0.39 is 6.09 Å². The van der Waals surface area contributed by atoms with Gasteiger partial charge in [-0.05, 0) is 122 Å². The number of hydrogen-bond donors (Lipinski definition) is 0. The first-order chi connectivity index (χ1) is 19.8. The van der Waals surface area contributed by atoms with Gasteiger partial charge in [0, 0.05) is 6.42 Å². The van der Waals surface area contributed by atoms with Gasteiger partial charge in [-0.3, -0.25) is 4.79 Å². The van der Waals surface area contributed by atoms with Gasteiger partial charge in [-0.1, -0.05) is 77.3 Å². The van der Waals surface area contributed by atoms with E-state index in [1.807, 2.05) is 18.2 Å². The maximum atomic E-state index is 13.4. The van der Waals surface area contributed by atoms with E-state index in [2.05, 4.69) is 39.8 Å². The Hall–Kier alpha value is -1.84. The number of cyclic esters (lactones) is 1. The summed E-state index contributed by atoms with van der Waals surface area (Å²) in [6, 6.07) is 9.94. The second-order valence-electron chi connectivity index (χ2n) is 15.4. The van der Waals surface area contributed by atoms with Crippen molar-refractivity contribution < 1.29 is 14.3 Å². The van der Waals surface area contributed by atoms with Crippen LogP contribution in [0.3, 0.4) is 0 Å². The molecule has 0 radical (unpaired) electrons. The van der Waals surface area contributed by atoms with Crippen molar-refractivity contribution in [2.24, 2.45) is 52.3 Å². The van der Waals surface area contributed by atoms with Gasteiger partial charge in [0.15, 0.2) is 0 Å². The van der Waals surface area contributed by atoms with E-state index >= 15 is 0 Å². The minimum absolute atomic E-state index is 0.0469. The summed E-state index contributed by atoms with van der Waals surface area (Å²) in [5, 5.41) is 0. The normalized spacial score (nSPS) is 41.1. The Kier molecular flexibility index (Phi) is 8.33. The van der Waals surface area contributed by atoms with E-state index in [9.17, 15) is 9.59 Å². The molecular weight excluding hydrogens is 506 g/mol. The lowest BCUT2D eigenvalue weighted by atomic mass is 9.48. The van der Waals surface area contributed by atoms with Crippen LogP contribution in [0, 0.1) is 52.3 Å². The van der Waals surface area contributed by atoms with Crippen molar-refractivity contribution in [3.05, 3.63) is 35.9 Å². The second-order valence-corrected chi connectivity index (χ2v) is 15.4. The molecule has 4 aliphatic carbocycles. The number of hydrogen-bond acceptors (Lipinski definition) is 3. The molecule has 6 rings (SSSR count). The van der Waals surface area contributed by atoms with Crippen LogP contribution in [0.5, 0.6) is 0 Å². The highest BCUT2D eigenvalue weighted by Crippen LogP contribution is 2.68. The summed E-state index contributed by atoms with van der Waals surface area (Å²) in [4.78, 5) is 27.4. The van der Waals surface area contributed by atoms with Gasteiger partial charge in [-0.25, -0.2) is 9.69 Å². The molecule has 1 aromatic carbocycles. The summed E-state index contributed by atoms with van der Waals surface area (Å²) in [6.45, 7) is 10.5. The van der Waals surface area contributed by atoms with Gasteiger partial charge in [-0.15, -0.1) is 0 Å². The molecule has 226 valence electrons. The van der Waals surface area contributed by atoms with Crippen LogP contribution in [0.2, 0.25) is 0 Å². The maximum Gasteiger partial charge on any atom is 0.416 e. The van der Waals surface area contributed by atoms with Gasteiger partial charge >= 0.3 is 6.09 Å². The molecule has 0 aromatic heterocycles. The number of fused-ring (bicyclic) bond motifs is 5. The molecule has 41 heavy (non-hydrogen) atoms. The number of rotatable bonds is 7. The zero-order valence-corrected chi connectivity index (χ0v) is 26.3. The molecule has 5 fully saturated rings. The number of carbonyl (C=O) groups excluding carboxylic acids is 2. The maximum absolute atomic E-state index is 13.4. The molecule has 5 aliphatic rings. The van der Waals surface area contributed by atoms with Crippen molar-refractivity contribution in [3.63, 3.8) is 0 Å². The van der Waals surface area contributed by atoms with E-state index in [4.69, 9.17) is 4.74 Å². The Bertz CT molecular complexity index is 1090. The van der Waals surface area contributed by atoms with E-state index in [-0.39, 0.29) is 11.9 Å². The molecule has 2 amide bonds. The molecule has 0 unspecified atom stereocenters. The third kappa shape index (κ3) is 5.18. The van der Waals surface area contributed by atoms with Gasteiger partial charge < -0.3 is 4.74 Å². The SMILES string of the molecule is CC[C@H]1CC[C@H]2[C@H](CC[C@]3(C)[C@@H]([C@H](C)CCC(=O)N4C(=O)OC[C@H]4Cc4ccccc4)CC[C@@H]23)[C@@]2(C)CCCC[C@@H]12. The van der Waals surface area contributed by atoms with Gasteiger partial charge in [0.05, 0.1) is 6.04 Å². The first kappa shape index (κ1) is 29.2. The predicted octanol–water partition coefficient (Wildman–Crippen LogP) is 9.07. The lowest BCUT2D eigenvalue weighted by Crippen LogP contribution is -2.49. The Morgan fingerprint density at radius 3 is 2.51 bits per heavy atom. The van der Waals surface area contributed by atoms with Crippen LogP contribution in [-0.4, -0.2) is 29.5 Å². The largest absolute Gasteiger partial charge is 0.447 e. The molecule has 0 bridgehead atoms. The summed E-state index contributed by atoms with van der Waals surface area (Å²) in [7, 11) is 0. The summed E-state index contributed by atoms with van der Waals surface area (Å²) in [6.07, 6.45) is 17.1. The highest BCUT2D eigenvalue weighted by atomic mass is 16.6. The lowest BCUT2D eigenvalue weighted by Gasteiger charge is -2.57. The molecule has 0 spiro atoms. The van der Waals surface area contributed by atoms with Crippen LogP contribution in [0.15, 0.2) is 30.3 Å². The van der Waals surface area contributed by atoms with Crippen LogP contribution in [0.1, 0.15) is 117 Å². The number of ether oxygens (including phenoxy) is 1. The molecule has 1 aliphatic heterocycles. The van der Waals surface area contributed by atoms with Crippen LogP contribution in [0.4, 0.5) is 4.79 Å². The van der Waals surface area contributed by atoms with Gasteiger partial charge in [0.25, 0.3) is 0 Å². The highest BCUT2D eigenvalue weighted by molar-refractivity contribution is 5.93. The van der Waals surface area contributed by atoms with Crippen molar-refractivity contribution in [2.45, 2.75) is 124 Å². The lowest BCUT2D eigenvalue weighted by molar-refractivity contribution is -0.129. The molecule has 4 heteroatoms. The predicted molar refractivity (Wildman–Crippen MR) is 164 cm³/mol. The van der Waals surface area contributed by atoms with Gasteiger partial charge in [0.2, 0.25) is 5.91 Å². The zero-order valence-electron chi connectivity index (χ0n) is 26.3. The average Bonchev–Trinajstić information content (AvgIpc) is 3.48. The van der Waals surface area contributed by atoms with Crippen molar-refractivity contribution in [2.75, 3.05) is 6.61 Å². The highest BCUT2D eigenvalue weighted by Gasteiger charge is 2.60. The molecule has 10 atom stereocenters. The van der Waals surface area contributed by atoms with Crippen LogP contribution in [0.25, 0.3) is 0 Å². The molecule has 1 saturated heterocycles. The number of benzene rings is 1. The van der Waals surface area contributed by atoms with Gasteiger partial charge in [0.1, 0.15) is 6.61 Å². The van der Waals surface area contributed by atoms with Crippen molar-refractivity contribution in [1.29, 1.82) is 0 Å². The number of carbonyl (C=O) groups is 2.